The molecular formula is C16H20N2O3. The zero-order valence-corrected chi connectivity index (χ0v) is 12.4. The molecule has 5 nitrogen and oxygen atoms in total. The molecule has 1 aliphatic heterocycles. The first-order chi connectivity index (χ1) is 10.1. The number of fused-ring (bicyclic) bond motifs is 1. The van der Waals surface area contributed by atoms with Gasteiger partial charge in [0.15, 0.2) is 11.5 Å². The van der Waals surface area contributed by atoms with Crippen LogP contribution >= 0.6 is 0 Å². The topological polar surface area (TPSA) is 63.5 Å². The zero-order valence-electron chi connectivity index (χ0n) is 12.4. The third-order valence-electron chi connectivity index (χ3n) is 3.83. The summed E-state index contributed by atoms with van der Waals surface area (Å²) in [7, 11) is 0. The van der Waals surface area contributed by atoms with Crippen molar-refractivity contribution in [1.29, 1.82) is 5.26 Å². The van der Waals surface area contributed by atoms with Gasteiger partial charge in [0.05, 0.1) is 6.07 Å². The minimum Gasteiger partial charge on any atom is -0.490 e. The van der Waals surface area contributed by atoms with E-state index < -0.39 is 5.54 Å². The second-order valence-electron chi connectivity index (χ2n) is 5.96. The molecule has 21 heavy (non-hydrogen) atoms. The molecule has 1 N–H and O–H groups in total. The maximum Gasteiger partial charge on any atom is 0.231 e. The predicted molar refractivity (Wildman–Crippen MR) is 77.4 cm³/mol. The molecular weight excluding hydrogens is 268 g/mol. The van der Waals surface area contributed by atoms with E-state index in [1.165, 1.54) is 0 Å². The van der Waals surface area contributed by atoms with Crippen molar-refractivity contribution < 1.29 is 14.2 Å². The van der Waals surface area contributed by atoms with Crippen molar-refractivity contribution in [3.8, 4) is 23.3 Å². The average Bonchev–Trinajstić information content (AvgIpc) is 3.22. The Balaban J connectivity index is 1.71. The summed E-state index contributed by atoms with van der Waals surface area (Å²) in [6.45, 7) is 4.69. The predicted octanol–water partition coefficient (Wildman–Crippen LogP) is 2.46. The van der Waals surface area contributed by atoms with Crippen LogP contribution in [0.15, 0.2) is 18.2 Å². The molecule has 1 aromatic rings. The first-order valence-corrected chi connectivity index (χ1v) is 7.34. The molecule has 0 bridgehead atoms. The number of rotatable bonds is 6. The Hall–Kier alpha value is -1.93. The molecule has 3 rings (SSSR count). The Morgan fingerprint density at radius 2 is 2.14 bits per heavy atom. The summed E-state index contributed by atoms with van der Waals surface area (Å²) in [4.78, 5) is 0. The molecule has 5 heteroatoms. The smallest absolute Gasteiger partial charge is 0.231 e. The molecule has 1 heterocycles. The molecule has 1 unspecified atom stereocenters. The van der Waals surface area contributed by atoms with Gasteiger partial charge in [-0.1, -0.05) is 0 Å². The lowest BCUT2D eigenvalue weighted by Gasteiger charge is -2.30. The highest BCUT2D eigenvalue weighted by molar-refractivity contribution is 5.47. The molecule has 2 aliphatic rings. The van der Waals surface area contributed by atoms with Crippen LogP contribution < -0.4 is 19.5 Å². The van der Waals surface area contributed by atoms with Crippen LogP contribution in [0.4, 0.5) is 0 Å². The number of ether oxygens (including phenoxy) is 3. The maximum atomic E-state index is 9.63. The molecule has 1 aromatic carbocycles. The fourth-order valence-corrected chi connectivity index (χ4v) is 2.69. The van der Waals surface area contributed by atoms with Crippen LogP contribution in [-0.2, 0) is 0 Å². The van der Waals surface area contributed by atoms with Crippen molar-refractivity contribution >= 4 is 0 Å². The van der Waals surface area contributed by atoms with Crippen LogP contribution in [-0.4, -0.2) is 25.0 Å². The van der Waals surface area contributed by atoms with Crippen LogP contribution in [0.1, 0.15) is 26.7 Å². The SMILES string of the molecule is CC(C)NC(C#N)(COc1ccc2c(c1)OCO2)C1CC1. The van der Waals surface area contributed by atoms with Gasteiger partial charge in [-0.05, 0) is 44.7 Å². The van der Waals surface area contributed by atoms with E-state index in [9.17, 15) is 5.26 Å². The minimum atomic E-state index is -0.607. The lowest BCUT2D eigenvalue weighted by atomic mass is 9.95. The first-order valence-electron chi connectivity index (χ1n) is 7.34. The van der Waals surface area contributed by atoms with Crippen LogP contribution in [0.2, 0.25) is 0 Å². The summed E-state index contributed by atoms with van der Waals surface area (Å²) in [5, 5.41) is 13.0. The number of nitrogens with one attached hydrogen (secondary N) is 1. The largest absolute Gasteiger partial charge is 0.490 e. The molecule has 0 spiro atoms. The third-order valence-corrected chi connectivity index (χ3v) is 3.83. The van der Waals surface area contributed by atoms with Crippen molar-refractivity contribution in [2.24, 2.45) is 5.92 Å². The molecule has 0 saturated heterocycles. The van der Waals surface area contributed by atoms with E-state index in [0.29, 0.717) is 24.0 Å². The van der Waals surface area contributed by atoms with Gasteiger partial charge in [0.1, 0.15) is 17.9 Å². The monoisotopic (exact) mass is 288 g/mol. The Kier molecular flexibility index (Phi) is 3.64. The summed E-state index contributed by atoms with van der Waals surface area (Å²) in [5.41, 5.74) is -0.607. The van der Waals surface area contributed by atoms with Gasteiger partial charge in [0.2, 0.25) is 6.79 Å². The van der Waals surface area contributed by atoms with Crippen molar-refractivity contribution in [2.45, 2.75) is 38.3 Å². The number of nitrogens with zero attached hydrogens (tertiary/aromatic N) is 1. The molecule has 1 atom stereocenters. The highest BCUT2D eigenvalue weighted by atomic mass is 16.7. The fourth-order valence-electron chi connectivity index (χ4n) is 2.69. The Morgan fingerprint density at radius 1 is 1.38 bits per heavy atom. The number of benzene rings is 1. The van der Waals surface area contributed by atoms with Gasteiger partial charge in [0.25, 0.3) is 0 Å². The molecule has 0 radical (unpaired) electrons. The van der Waals surface area contributed by atoms with E-state index in [0.717, 1.165) is 18.6 Å². The molecule has 1 aliphatic carbocycles. The van der Waals surface area contributed by atoms with E-state index in [1.807, 2.05) is 18.2 Å². The van der Waals surface area contributed by atoms with Crippen molar-refractivity contribution in [3.05, 3.63) is 18.2 Å². The summed E-state index contributed by atoms with van der Waals surface area (Å²) in [6.07, 6.45) is 2.16. The summed E-state index contributed by atoms with van der Waals surface area (Å²) < 4.78 is 16.5. The normalized spacial score (nSPS) is 19.1. The highest BCUT2D eigenvalue weighted by Crippen LogP contribution is 2.41. The van der Waals surface area contributed by atoms with Gasteiger partial charge in [-0.2, -0.15) is 5.26 Å². The third kappa shape index (κ3) is 2.91. The summed E-state index contributed by atoms with van der Waals surface area (Å²) in [6, 6.07) is 8.17. The van der Waals surface area contributed by atoms with Crippen molar-refractivity contribution in [2.75, 3.05) is 13.4 Å². The van der Waals surface area contributed by atoms with Crippen LogP contribution in [0.25, 0.3) is 0 Å². The van der Waals surface area contributed by atoms with Gasteiger partial charge in [-0.25, -0.2) is 0 Å². The Bertz CT molecular complexity index is 563. The molecule has 112 valence electrons. The maximum absolute atomic E-state index is 9.63. The van der Waals surface area contributed by atoms with E-state index in [2.05, 4.69) is 25.2 Å². The zero-order chi connectivity index (χ0) is 14.9. The van der Waals surface area contributed by atoms with Crippen molar-refractivity contribution in [1.82, 2.24) is 5.32 Å². The van der Waals surface area contributed by atoms with Crippen LogP contribution in [0, 0.1) is 17.2 Å². The minimum absolute atomic E-state index is 0.241. The van der Waals surface area contributed by atoms with Gasteiger partial charge in [-0.3, -0.25) is 5.32 Å². The number of hydrogen-bond donors (Lipinski definition) is 1. The van der Waals surface area contributed by atoms with E-state index >= 15 is 0 Å². The van der Waals surface area contributed by atoms with E-state index in [-0.39, 0.29) is 12.8 Å². The highest BCUT2D eigenvalue weighted by Gasteiger charge is 2.46. The lowest BCUT2D eigenvalue weighted by molar-refractivity contribution is 0.173. The van der Waals surface area contributed by atoms with E-state index in [1.54, 1.807) is 0 Å². The lowest BCUT2D eigenvalue weighted by Crippen LogP contribution is -2.53. The van der Waals surface area contributed by atoms with Gasteiger partial charge < -0.3 is 14.2 Å². The molecule has 1 fully saturated rings. The quantitative estimate of drug-likeness (QED) is 0.871. The number of hydrogen-bond acceptors (Lipinski definition) is 5. The molecule has 0 aromatic heterocycles. The van der Waals surface area contributed by atoms with E-state index in [4.69, 9.17) is 14.2 Å². The average molecular weight is 288 g/mol. The van der Waals surface area contributed by atoms with Gasteiger partial charge in [0, 0.05) is 12.1 Å². The van der Waals surface area contributed by atoms with Crippen LogP contribution in [0.5, 0.6) is 17.2 Å². The molecule has 1 saturated carbocycles. The number of nitriles is 1. The van der Waals surface area contributed by atoms with Crippen molar-refractivity contribution in [3.63, 3.8) is 0 Å². The fraction of sp³-hybridized carbons (Fsp3) is 0.562. The summed E-state index contributed by atoms with van der Waals surface area (Å²) >= 11 is 0. The Labute approximate surface area is 124 Å². The molecule has 0 amide bonds. The standard InChI is InChI=1S/C16H20N2O3/c1-11(2)18-16(8-17,12-3-4-12)9-19-13-5-6-14-15(7-13)21-10-20-14/h5-7,11-12,18H,3-4,9-10H2,1-2H3. The second-order valence-corrected chi connectivity index (χ2v) is 5.96. The second kappa shape index (κ2) is 5.45. The van der Waals surface area contributed by atoms with Crippen LogP contribution in [0.3, 0.4) is 0 Å². The first kappa shape index (κ1) is 14.0. The van der Waals surface area contributed by atoms with Gasteiger partial charge >= 0.3 is 0 Å². The summed E-state index contributed by atoms with van der Waals surface area (Å²) in [5.74, 6) is 2.50. The van der Waals surface area contributed by atoms with Gasteiger partial charge in [-0.15, -0.1) is 0 Å². The Morgan fingerprint density at radius 3 is 2.81 bits per heavy atom.